The first-order chi connectivity index (χ1) is 18.5. The van der Waals surface area contributed by atoms with Gasteiger partial charge in [0.1, 0.15) is 24.4 Å². The van der Waals surface area contributed by atoms with Gasteiger partial charge in [0.15, 0.2) is 0 Å². The molecule has 3 rings (SSSR count). The molecular weight excluding hydrogens is 534 g/mol. The number of carboxylic acids is 1. The van der Waals surface area contributed by atoms with E-state index in [4.69, 9.17) is 32.0 Å². The minimum atomic E-state index is -1.55. The Bertz CT molecular complexity index is 1290. The van der Waals surface area contributed by atoms with Crippen LogP contribution in [0.15, 0.2) is 59.4 Å². The molecule has 0 saturated carbocycles. The van der Waals surface area contributed by atoms with Crippen molar-refractivity contribution in [1.82, 2.24) is 15.6 Å². The first kappa shape index (κ1) is 31.9. The van der Waals surface area contributed by atoms with Crippen molar-refractivity contribution in [2.24, 2.45) is 0 Å². The van der Waals surface area contributed by atoms with Crippen molar-refractivity contribution >= 4 is 34.4 Å². The van der Waals surface area contributed by atoms with E-state index in [2.05, 4.69) is 15.6 Å². The topological polar surface area (TPSA) is 212 Å². The number of halogens is 1. The summed E-state index contributed by atoms with van der Waals surface area (Å²) in [5.74, 6) is -1.71. The van der Waals surface area contributed by atoms with Crippen LogP contribution in [-0.2, 0) is 11.2 Å². The summed E-state index contributed by atoms with van der Waals surface area (Å²) in [7, 11) is 1.57. The van der Waals surface area contributed by atoms with Crippen molar-refractivity contribution in [2.45, 2.75) is 36.9 Å². The molecule has 0 saturated heterocycles. The van der Waals surface area contributed by atoms with Crippen molar-refractivity contribution in [3.8, 4) is 0 Å². The summed E-state index contributed by atoms with van der Waals surface area (Å²) in [6.07, 6.45) is -5.66. The van der Waals surface area contributed by atoms with Crippen molar-refractivity contribution in [3.05, 3.63) is 81.1 Å². The van der Waals surface area contributed by atoms with Gasteiger partial charge < -0.3 is 46.3 Å². The lowest BCUT2D eigenvalue weighted by molar-refractivity contribution is -0.139. The number of carbonyl (C=O) groups excluding carboxylic acids is 1. The summed E-state index contributed by atoms with van der Waals surface area (Å²) in [6, 6.07) is 13.4. The van der Waals surface area contributed by atoms with Crippen LogP contribution >= 0.6 is 11.6 Å². The fourth-order valence-corrected chi connectivity index (χ4v) is 3.73. The second-order valence-corrected chi connectivity index (χ2v) is 9.07. The zero-order valence-corrected chi connectivity index (χ0v) is 21.7. The number of H-pyrrole nitrogens is 1. The second-order valence-electron chi connectivity index (χ2n) is 8.64. The first-order valence-electron chi connectivity index (χ1n) is 11.9. The number of fused-ring (bicyclic) bond motifs is 1. The number of hydrogen-bond acceptors (Lipinski definition) is 9. The van der Waals surface area contributed by atoms with E-state index in [1.165, 1.54) is 18.2 Å². The van der Waals surface area contributed by atoms with Gasteiger partial charge in [0.25, 0.3) is 5.91 Å². The average molecular weight is 566 g/mol. The summed E-state index contributed by atoms with van der Waals surface area (Å²) in [5.41, 5.74) is 1.14. The van der Waals surface area contributed by atoms with E-state index >= 15 is 0 Å². The third kappa shape index (κ3) is 9.41. The highest BCUT2D eigenvalue weighted by Crippen LogP contribution is 2.17. The fraction of sp³-hybridized carbons (Fsp3) is 0.346. The summed E-state index contributed by atoms with van der Waals surface area (Å²) in [6.45, 7) is -0.569. The van der Waals surface area contributed by atoms with Crippen LogP contribution in [0.3, 0.4) is 0 Å². The van der Waals surface area contributed by atoms with Crippen LogP contribution in [0.2, 0.25) is 5.02 Å². The summed E-state index contributed by atoms with van der Waals surface area (Å²) in [5, 5.41) is 60.7. The molecule has 0 radical (unpaired) electrons. The molecule has 1 unspecified atom stereocenters. The summed E-state index contributed by atoms with van der Waals surface area (Å²) >= 11 is 5.79. The molecule has 3 aromatic rings. The van der Waals surface area contributed by atoms with Crippen LogP contribution < -0.4 is 16.2 Å². The number of aliphatic hydroxyl groups excluding tert-OH is 5. The quantitative estimate of drug-likeness (QED) is 0.142. The monoisotopic (exact) mass is 565 g/mol. The van der Waals surface area contributed by atoms with Crippen LogP contribution in [0, 0.1) is 0 Å². The SMILES string of the molecule is CNC[C@H](O)[C@@H](O)[C@H](O)[C@H](O)CO.O=C(NC(Cc1cc(=O)[nH]c2ccccc12)C(=O)O)c1ccc(Cl)cc1. The second kappa shape index (κ2) is 15.3. The number of pyridine rings is 1. The molecule has 0 aliphatic rings. The third-order valence-electron chi connectivity index (χ3n) is 5.71. The number of aromatic amines is 1. The Balaban J connectivity index is 0.000000349. The van der Waals surface area contributed by atoms with Crippen LogP contribution in [0.5, 0.6) is 0 Å². The maximum atomic E-state index is 12.3. The van der Waals surface area contributed by atoms with Crippen LogP contribution in [0.4, 0.5) is 0 Å². The highest BCUT2D eigenvalue weighted by atomic mass is 35.5. The van der Waals surface area contributed by atoms with E-state index in [1.807, 2.05) is 0 Å². The fourth-order valence-electron chi connectivity index (χ4n) is 3.60. The number of likely N-dealkylation sites (N-methyl/N-ethyl adjacent to an activating group) is 1. The Morgan fingerprint density at radius 2 is 1.59 bits per heavy atom. The minimum absolute atomic E-state index is 0.0148. The molecule has 0 aliphatic heterocycles. The van der Waals surface area contributed by atoms with Gasteiger partial charge in [0, 0.05) is 40.5 Å². The third-order valence-corrected chi connectivity index (χ3v) is 5.96. The Kier molecular flexibility index (Phi) is 12.5. The predicted octanol–water partition coefficient (Wildman–Crippen LogP) is -0.751. The van der Waals surface area contributed by atoms with Crippen LogP contribution in [0.1, 0.15) is 15.9 Å². The van der Waals surface area contributed by atoms with E-state index in [-0.39, 0.29) is 18.5 Å². The molecule has 13 heteroatoms. The normalized spacial score (nSPS) is 14.8. The molecule has 212 valence electrons. The number of benzene rings is 2. The maximum Gasteiger partial charge on any atom is 0.326 e. The number of aromatic nitrogens is 1. The number of hydrogen-bond donors (Lipinski definition) is 9. The molecule has 0 bridgehead atoms. The lowest BCUT2D eigenvalue weighted by Gasteiger charge is -2.25. The zero-order valence-electron chi connectivity index (χ0n) is 21.0. The molecule has 0 spiro atoms. The number of rotatable bonds is 11. The van der Waals surface area contributed by atoms with Gasteiger partial charge in [-0.05, 0) is 42.9 Å². The van der Waals surface area contributed by atoms with Gasteiger partial charge in [-0.3, -0.25) is 9.59 Å². The lowest BCUT2D eigenvalue weighted by Crippen LogP contribution is -2.48. The van der Waals surface area contributed by atoms with Crippen molar-refractivity contribution in [3.63, 3.8) is 0 Å². The number of aliphatic hydroxyl groups is 5. The highest BCUT2D eigenvalue weighted by molar-refractivity contribution is 6.30. The van der Waals surface area contributed by atoms with Crippen molar-refractivity contribution < 1.29 is 40.2 Å². The maximum absolute atomic E-state index is 12.3. The van der Waals surface area contributed by atoms with Gasteiger partial charge in [-0.2, -0.15) is 0 Å². The standard InChI is InChI=1S/C19H15ClN2O4.C7H17NO5/c20-13-7-5-11(6-8-13)18(24)22-16(19(25)26)9-12-10-17(23)21-15-4-2-1-3-14(12)15;1-8-2-4(10)6(12)7(13)5(11)3-9/h1-8,10,16H,9H2,(H,21,23)(H,22,24)(H,25,26);4-13H,2-3H2,1H3/t;4-,5+,6+,7+/m.0/s1. The summed E-state index contributed by atoms with van der Waals surface area (Å²) in [4.78, 5) is 38.5. The van der Waals surface area contributed by atoms with E-state index in [0.717, 1.165) is 5.39 Å². The van der Waals surface area contributed by atoms with E-state index in [9.17, 15) is 24.6 Å². The molecule has 1 heterocycles. The van der Waals surface area contributed by atoms with E-state index < -0.39 is 48.9 Å². The van der Waals surface area contributed by atoms with Gasteiger partial charge in [-0.15, -0.1) is 0 Å². The Morgan fingerprint density at radius 1 is 0.974 bits per heavy atom. The molecular formula is C26H32ClN3O9. The first-order valence-corrected chi connectivity index (χ1v) is 12.2. The minimum Gasteiger partial charge on any atom is -0.480 e. The molecule has 2 aromatic carbocycles. The molecule has 0 aliphatic carbocycles. The van der Waals surface area contributed by atoms with Gasteiger partial charge >= 0.3 is 5.97 Å². The van der Waals surface area contributed by atoms with Gasteiger partial charge in [0.2, 0.25) is 5.56 Å². The number of carbonyl (C=O) groups is 2. The smallest absolute Gasteiger partial charge is 0.326 e. The number of carboxylic acid groups (broad SMARTS) is 1. The Morgan fingerprint density at radius 3 is 2.18 bits per heavy atom. The molecule has 1 amide bonds. The molecule has 39 heavy (non-hydrogen) atoms. The Hall–Kier alpha value is -3.36. The van der Waals surface area contributed by atoms with Crippen molar-refractivity contribution in [1.29, 1.82) is 0 Å². The van der Waals surface area contributed by atoms with E-state index in [0.29, 0.717) is 21.7 Å². The predicted molar refractivity (Wildman–Crippen MR) is 144 cm³/mol. The summed E-state index contributed by atoms with van der Waals surface area (Å²) < 4.78 is 0. The van der Waals surface area contributed by atoms with Crippen molar-refractivity contribution in [2.75, 3.05) is 20.2 Å². The number of nitrogens with one attached hydrogen (secondary N) is 3. The van der Waals surface area contributed by atoms with E-state index in [1.54, 1.807) is 43.4 Å². The molecule has 12 nitrogen and oxygen atoms in total. The zero-order chi connectivity index (χ0) is 29.1. The average Bonchev–Trinajstić information content (AvgIpc) is 2.91. The number of aliphatic carboxylic acids is 1. The van der Waals surface area contributed by atoms with Crippen LogP contribution in [0.25, 0.3) is 10.9 Å². The largest absolute Gasteiger partial charge is 0.480 e. The molecule has 5 atom stereocenters. The molecule has 9 N–H and O–H groups in total. The van der Waals surface area contributed by atoms with Gasteiger partial charge in [0.05, 0.1) is 12.7 Å². The number of para-hydroxylation sites is 1. The van der Waals surface area contributed by atoms with Gasteiger partial charge in [-0.1, -0.05) is 29.8 Å². The van der Waals surface area contributed by atoms with Gasteiger partial charge in [-0.25, -0.2) is 4.79 Å². The molecule has 0 fully saturated rings. The number of amides is 1. The lowest BCUT2D eigenvalue weighted by atomic mass is 10.0. The Labute approximate surface area is 228 Å². The molecule has 1 aromatic heterocycles. The highest BCUT2D eigenvalue weighted by Gasteiger charge is 2.29. The van der Waals surface area contributed by atoms with Crippen LogP contribution in [-0.4, -0.2) is 98.2 Å².